The van der Waals surface area contributed by atoms with E-state index >= 15 is 0 Å². The number of nitriles is 1. The fourth-order valence-electron chi connectivity index (χ4n) is 4.20. The second kappa shape index (κ2) is 13.1. The maximum atomic E-state index is 13.3. The Labute approximate surface area is 221 Å². The number of carbonyl (C=O) groups is 3. The van der Waals surface area contributed by atoms with Crippen molar-refractivity contribution in [3.63, 3.8) is 0 Å². The van der Waals surface area contributed by atoms with E-state index in [4.69, 9.17) is 9.47 Å². The molecule has 208 valence electrons. The van der Waals surface area contributed by atoms with Crippen LogP contribution in [0.5, 0.6) is 0 Å². The molecule has 0 bridgehead atoms. The molecule has 0 spiro atoms. The Morgan fingerprint density at radius 1 is 1.32 bits per heavy atom. The maximum Gasteiger partial charge on any atom is 0.405 e. The number of methoxy groups -OCH3 is 1. The van der Waals surface area contributed by atoms with E-state index in [1.54, 1.807) is 36.5 Å². The van der Waals surface area contributed by atoms with Crippen LogP contribution in [0.1, 0.15) is 13.3 Å². The van der Waals surface area contributed by atoms with Crippen molar-refractivity contribution >= 4 is 41.1 Å². The summed E-state index contributed by atoms with van der Waals surface area (Å²) >= 11 is 1.25. The van der Waals surface area contributed by atoms with Crippen LogP contribution in [0.2, 0.25) is 0 Å². The van der Waals surface area contributed by atoms with Gasteiger partial charge in [0.05, 0.1) is 25.2 Å². The Balaban J connectivity index is 1.60. The van der Waals surface area contributed by atoms with Crippen LogP contribution in [-0.2, 0) is 23.9 Å². The highest BCUT2D eigenvalue weighted by Crippen LogP contribution is 2.48. The van der Waals surface area contributed by atoms with Gasteiger partial charge in [-0.2, -0.15) is 18.4 Å². The van der Waals surface area contributed by atoms with E-state index in [9.17, 15) is 32.8 Å². The zero-order chi connectivity index (χ0) is 27.9. The molecule has 15 heteroatoms. The molecule has 1 saturated carbocycles. The van der Waals surface area contributed by atoms with E-state index in [0.29, 0.717) is 24.7 Å². The number of hydrogen-bond donors (Lipinski definition) is 3. The number of thioether (sulfide) groups is 1. The van der Waals surface area contributed by atoms with Gasteiger partial charge in [0.25, 0.3) is 5.91 Å². The Hall–Kier alpha value is -3.09. The van der Waals surface area contributed by atoms with Crippen LogP contribution in [0.15, 0.2) is 18.2 Å². The van der Waals surface area contributed by atoms with E-state index in [-0.39, 0.29) is 42.9 Å². The van der Waals surface area contributed by atoms with Gasteiger partial charge in [-0.3, -0.25) is 14.4 Å². The van der Waals surface area contributed by atoms with Crippen molar-refractivity contribution in [2.45, 2.75) is 36.2 Å². The predicted molar refractivity (Wildman–Crippen MR) is 132 cm³/mol. The molecular weight excluding hydrogens is 529 g/mol. The minimum Gasteiger partial charge on any atom is -0.382 e. The van der Waals surface area contributed by atoms with Crippen molar-refractivity contribution in [3.8, 4) is 6.07 Å². The average molecular weight is 559 g/mol. The minimum absolute atomic E-state index is 0.160. The number of nitrogens with one attached hydrogen (secondary N) is 3. The molecule has 38 heavy (non-hydrogen) atoms. The first kappa shape index (κ1) is 29.5. The van der Waals surface area contributed by atoms with Gasteiger partial charge in [0.15, 0.2) is 5.92 Å². The quantitative estimate of drug-likeness (QED) is 0.326. The van der Waals surface area contributed by atoms with E-state index in [1.165, 1.54) is 23.8 Å². The van der Waals surface area contributed by atoms with Crippen LogP contribution in [-0.4, -0.2) is 90.5 Å². The summed E-state index contributed by atoms with van der Waals surface area (Å²) in [5.41, 5.74) is 0. The van der Waals surface area contributed by atoms with Crippen LogP contribution < -0.4 is 16.0 Å². The SMILES string of the molecule is CCN1C(=O)C2C(Nc3cccc(NC(=O)COCCOC)n3)CC2SC1C(C#N)C(=O)NCC(F)(F)F. The molecule has 0 radical (unpaired) electrons. The molecule has 2 fully saturated rings. The van der Waals surface area contributed by atoms with Crippen LogP contribution in [0.3, 0.4) is 0 Å². The van der Waals surface area contributed by atoms with Gasteiger partial charge in [-0.1, -0.05) is 6.07 Å². The smallest absolute Gasteiger partial charge is 0.382 e. The lowest BCUT2D eigenvalue weighted by atomic mass is 9.77. The number of anilines is 2. The molecule has 1 aliphatic heterocycles. The number of alkyl halides is 3. The van der Waals surface area contributed by atoms with E-state index in [2.05, 4.69) is 15.6 Å². The van der Waals surface area contributed by atoms with Gasteiger partial charge in [0.2, 0.25) is 11.8 Å². The number of fused-ring (bicyclic) bond motifs is 1. The molecule has 5 unspecified atom stereocenters. The molecule has 1 aromatic rings. The van der Waals surface area contributed by atoms with Crippen molar-refractivity contribution in [1.29, 1.82) is 5.26 Å². The molecule has 2 aliphatic rings. The Morgan fingerprint density at radius 2 is 2.05 bits per heavy atom. The van der Waals surface area contributed by atoms with Gasteiger partial charge in [0.1, 0.15) is 30.2 Å². The Bertz CT molecular complexity index is 1060. The Kier molecular flexibility index (Phi) is 10.2. The third kappa shape index (κ3) is 7.49. The summed E-state index contributed by atoms with van der Waals surface area (Å²) in [6.07, 6.45) is -4.09. The van der Waals surface area contributed by atoms with Crippen molar-refractivity contribution in [2.75, 3.05) is 50.7 Å². The lowest BCUT2D eigenvalue weighted by Gasteiger charge is -2.52. The number of pyridine rings is 1. The third-order valence-electron chi connectivity index (χ3n) is 6.04. The van der Waals surface area contributed by atoms with Crippen molar-refractivity contribution < 1.29 is 37.0 Å². The molecule has 1 aromatic heterocycles. The zero-order valence-corrected chi connectivity index (χ0v) is 21.6. The number of ether oxygens (including phenoxy) is 2. The van der Waals surface area contributed by atoms with Gasteiger partial charge < -0.3 is 30.3 Å². The summed E-state index contributed by atoms with van der Waals surface area (Å²) in [4.78, 5) is 43.4. The summed E-state index contributed by atoms with van der Waals surface area (Å²) < 4.78 is 47.6. The van der Waals surface area contributed by atoms with Gasteiger partial charge in [-0.15, -0.1) is 11.8 Å². The fourth-order valence-corrected chi connectivity index (χ4v) is 6.09. The molecule has 2 heterocycles. The summed E-state index contributed by atoms with van der Waals surface area (Å²) in [6.45, 7) is 0.799. The number of halogens is 3. The van der Waals surface area contributed by atoms with Crippen molar-refractivity contribution in [2.24, 2.45) is 11.8 Å². The topological polar surface area (TPSA) is 146 Å². The highest BCUT2D eigenvalue weighted by Gasteiger charge is 2.55. The van der Waals surface area contributed by atoms with Crippen molar-refractivity contribution in [3.05, 3.63) is 18.2 Å². The third-order valence-corrected chi connectivity index (χ3v) is 7.68. The first-order valence-corrected chi connectivity index (χ1v) is 12.8. The van der Waals surface area contributed by atoms with Gasteiger partial charge >= 0.3 is 6.18 Å². The lowest BCUT2D eigenvalue weighted by molar-refractivity contribution is -0.144. The second-order valence-corrected chi connectivity index (χ2v) is 10.0. The molecule has 3 N–H and O–H groups in total. The standard InChI is InChI=1S/C23H29F3N6O5S/c1-3-32-21(35)19-14(9-15(19)38-22(32)13(10-27)20(34)28-12-23(24,25)26)29-16-5-4-6-17(30-16)31-18(33)11-37-8-7-36-2/h4-6,13-15,19,22H,3,7-9,11-12H2,1-2H3,(H,28,34)(H2,29,30,31,33). The normalized spacial score (nSPS) is 23.5. The lowest BCUT2D eigenvalue weighted by Crippen LogP contribution is -2.64. The molecular formula is C23H29F3N6O5S. The molecule has 0 aromatic carbocycles. The monoisotopic (exact) mass is 558 g/mol. The number of nitrogens with zero attached hydrogens (tertiary/aromatic N) is 3. The second-order valence-electron chi connectivity index (χ2n) is 8.64. The molecule has 1 saturated heterocycles. The number of aromatic nitrogens is 1. The molecule has 3 amide bonds. The van der Waals surface area contributed by atoms with Crippen LogP contribution in [0, 0.1) is 23.2 Å². The average Bonchev–Trinajstić information content (AvgIpc) is 2.84. The van der Waals surface area contributed by atoms with Crippen LogP contribution in [0.25, 0.3) is 0 Å². The molecule has 1 aliphatic carbocycles. The van der Waals surface area contributed by atoms with Crippen LogP contribution in [0.4, 0.5) is 24.8 Å². The zero-order valence-electron chi connectivity index (χ0n) is 20.8. The fraction of sp³-hybridized carbons (Fsp3) is 0.609. The predicted octanol–water partition coefficient (Wildman–Crippen LogP) is 1.59. The summed E-state index contributed by atoms with van der Waals surface area (Å²) in [5.74, 6) is -2.91. The largest absolute Gasteiger partial charge is 0.405 e. The number of amides is 3. The molecule has 11 nitrogen and oxygen atoms in total. The summed E-state index contributed by atoms with van der Waals surface area (Å²) in [6, 6.07) is 6.48. The van der Waals surface area contributed by atoms with Gasteiger partial charge in [-0.05, 0) is 25.5 Å². The van der Waals surface area contributed by atoms with Crippen molar-refractivity contribution in [1.82, 2.24) is 15.2 Å². The summed E-state index contributed by atoms with van der Waals surface area (Å²) in [5, 5.41) is 16.0. The number of rotatable bonds is 12. The highest BCUT2D eigenvalue weighted by molar-refractivity contribution is 8.00. The highest BCUT2D eigenvalue weighted by atomic mass is 32.2. The van der Waals surface area contributed by atoms with E-state index < -0.39 is 35.8 Å². The van der Waals surface area contributed by atoms with Crippen LogP contribution >= 0.6 is 11.8 Å². The minimum atomic E-state index is -4.61. The van der Waals surface area contributed by atoms with E-state index in [1.807, 2.05) is 0 Å². The Morgan fingerprint density at radius 3 is 2.71 bits per heavy atom. The number of hydrogen-bond acceptors (Lipinski definition) is 9. The van der Waals surface area contributed by atoms with E-state index in [0.717, 1.165) is 0 Å². The summed E-state index contributed by atoms with van der Waals surface area (Å²) in [7, 11) is 1.53. The first-order chi connectivity index (χ1) is 18.1. The van der Waals surface area contributed by atoms with Gasteiger partial charge in [-0.25, -0.2) is 4.98 Å². The number of carbonyl (C=O) groups excluding carboxylic acids is 3. The molecule has 3 rings (SSSR count). The molecule has 5 atom stereocenters. The maximum absolute atomic E-state index is 13.3. The first-order valence-electron chi connectivity index (χ1n) is 11.9. The van der Waals surface area contributed by atoms with Gasteiger partial charge in [0, 0.05) is 24.9 Å².